The van der Waals surface area contributed by atoms with Gasteiger partial charge in [-0.3, -0.25) is 9.36 Å². The first-order valence-corrected chi connectivity index (χ1v) is 13.2. The summed E-state index contributed by atoms with van der Waals surface area (Å²) in [5, 5.41) is 0.00233. The van der Waals surface area contributed by atoms with E-state index in [0.717, 1.165) is 19.3 Å². The molecule has 0 unspecified atom stereocenters. The monoisotopic (exact) mass is 492 g/mol. The molecule has 0 aliphatic heterocycles. The maximum atomic E-state index is 13.4. The van der Waals surface area contributed by atoms with Gasteiger partial charge in [-0.2, -0.15) is 0 Å². The maximum absolute atomic E-state index is 13.4. The van der Waals surface area contributed by atoms with Gasteiger partial charge in [0.05, 0.1) is 30.5 Å². The lowest BCUT2D eigenvalue weighted by molar-refractivity contribution is -0.140. The minimum atomic E-state index is -3.73. The number of imidazole rings is 1. The Bertz CT molecular complexity index is 1380. The molecule has 3 aromatic carbocycles. The van der Waals surface area contributed by atoms with Crippen molar-refractivity contribution in [3.63, 3.8) is 0 Å². The van der Waals surface area contributed by atoms with Crippen LogP contribution in [0.2, 0.25) is 0 Å². The molecule has 0 aliphatic carbocycles. The van der Waals surface area contributed by atoms with Crippen molar-refractivity contribution in [3.8, 4) is 11.4 Å². The van der Waals surface area contributed by atoms with Crippen LogP contribution in [0.25, 0.3) is 16.7 Å². The first kappa shape index (κ1) is 24.5. The summed E-state index contributed by atoms with van der Waals surface area (Å²) in [4.78, 5) is 15.7. The van der Waals surface area contributed by atoms with E-state index in [2.05, 4.69) is 9.72 Å². The van der Waals surface area contributed by atoms with Gasteiger partial charge >= 0.3 is 5.97 Å². The topological polar surface area (TPSA) is 87.5 Å². The average Bonchev–Trinajstić information content (AvgIpc) is 3.27. The molecule has 0 aliphatic rings. The predicted octanol–water partition coefficient (Wildman–Crippen LogP) is 5.11. The Hall–Kier alpha value is -3.65. The molecule has 1 heterocycles. The molecule has 35 heavy (non-hydrogen) atoms. The number of esters is 1. The van der Waals surface area contributed by atoms with Crippen LogP contribution in [0, 0.1) is 0 Å². The van der Waals surface area contributed by atoms with E-state index in [1.807, 2.05) is 54.6 Å². The van der Waals surface area contributed by atoms with Crippen LogP contribution in [0.1, 0.15) is 31.2 Å². The number of carbonyl (C=O) groups is 1. The molecule has 0 amide bonds. The highest BCUT2D eigenvalue weighted by atomic mass is 32.2. The van der Waals surface area contributed by atoms with E-state index < -0.39 is 9.84 Å². The number of nitrogens with zero attached hydrogens (tertiary/aromatic N) is 2. The van der Waals surface area contributed by atoms with Crippen molar-refractivity contribution in [1.82, 2.24) is 9.55 Å². The fourth-order valence-corrected chi connectivity index (χ4v) is 5.34. The van der Waals surface area contributed by atoms with Gasteiger partial charge in [0.1, 0.15) is 5.75 Å². The van der Waals surface area contributed by atoms with Gasteiger partial charge in [-0.1, -0.05) is 48.5 Å². The molecule has 0 saturated carbocycles. The van der Waals surface area contributed by atoms with Crippen molar-refractivity contribution in [2.24, 2.45) is 0 Å². The Morgan fingerprint density at radius 1 is 0.914 bits per heavy atom. The molecular formula is C27H28N2O5S. The molecule has 0 bridgehead atoms. The summed E-state index contributed by atoms with van der Waals surface area (Å²) in [6.07, 6.45) is 2.79. The lowest BCUT2D eigenvalue weighted by Crippen LogP contribution is -2.12. The highest BCUT2D eigenvalue weighted by molar-refractivity contribution is 7.90. The minimum Gasteiger partial charge on any atom is -0.494 e. The second kappa shape index (κ2) is 11.2. The summed E-state index contributed by atoms with van der Waals surface area (Å²) in [5.74, 6) is 0.289. The molecule has 1 aromatic heterocycles. The van der Waals surface area contributed by atoms with E-state index in [9.17, 15) is 13.2 Å². The summed E-state index contributed by atoms with van der Waals surface area (Å²) < 4.78 is 39.1. The van der Waals surface area contributed by atoms with Gasteiger partial charge < -0.3 is 9.47 Å². The molecule has 0 N–H and O–H groups in total. The first-order valence-electron chi connectivity index (χ1n) is 11.5. The van der Waals surface area contributed by atoms with Crippen molar-refractivity contribution in [2.75, 3.05) is 13.7 Å². The molecule has 8 heteroatoms. The smallest absolute Gasteiger partial charge is 0.305 e. The van der Waals surface area contributed by atoms with Gasteiger partial charge in [0, 0.05) is 18.2 Å². The lowest BCUT2D eigenvalue weighted by atomic mass is 10.2. The Balaban J connectivity index is 1.60. The number of para-hydroxylation sites is 1. The van der Waals surface area contributed by atoms with Crippen LogP contribution >= 0.6 is 0 Å². The first-order chi connectivity index (χ1) is 17.0. The number of hydrogen-bond acceptors (Lipinski definition) is 6. The van der Waals surface area contributed by atoms with Crippen LogP contribution in [0.3, 0.4) is 0 Å². The molecular weight excluding hydrogens is 464 g/mol. The third kappa shape index (κ3) is 6.08. The summed E-state index contributed by atoms with van der Waals surface area (Å²) in [7, 11) is -2.34. The molecule has 0 saturated heterocycles. The zero-order valence-electron chi connectivity index (χ0n) is 19.6. The zero-order chi connectivity index (χ0) is 24.7. The van der Waals surface area contributed by atoms with E-state index in [4.69, 9.17) is 4.74 Å². The molecule has 0 radical (unpaired) electrons. The average molecular weight is 493 g/mol. The van der Waals surface area contributed by atoms with E-state index in [1.54, 1.807) is 28.8 Å². The van der Waals surface area contributed by atoms with Crippen molar-refractivity contribution >= 4 is 26.8 Å². The maximum Gasteiger partial charge on any atom is 0.305 e. The molecule has 0 atom stereocenters. The summed E-state index contributed by atoms with van der Waals surface area (Å²) >= 11 is 0. The normalized spacial score (nSPS) is 11.5. The molecule has 0 fully saturated rings. The summed E-state index contributed by atoms with van der Waals surface area (Å²) in [5.41, 5.74) is 2.65. The van der Waals surface area contributed by atoms with E-state index in [-0.39, 0.29) is 16.9 Å². The number of sulfone groups is 1. The van der Waals surface area contributed by atoms with Gasteiger partial charge in [0.15, 0.2) is 0 Å². The second-order valence-electron chi connectivity index (χ2n) is 8.20. The molecule has 0 spiro atoms. The fraction of sp³-hybridized carbons (Fsp3) is 0.259. The number of carbonyl (C=O) groups excluding carboxylic acids is 1. The SMILES string of the molecule is COC(=O)CCCCCOc1ccc2nc(S(=O)(=O)Cc3ccccc3)n(-c3ccccc3)c2c1. The van der Waals surface area contributed by atoms with Crippen molar-refractivity contribution < 1.29 is 22.7 Å². The van der Waals surface area contributed by atoms with Gasteiger partial charge in [0.2, 0.25) is 15.0 Å². The largest absolute Gasteiger partial charge is 0.494 e. The van der Waals surface area contributed by atoms with E-state index in [0.29, 0.717) is 41.1 Å². The summed E-state index contributed by atoms with van der Waals surface area (Å²) in [6, 6.07) is 23.8. The summed E-state index contributed by atoms with van der Waals surface area (Å²) in [6.45, 7) is 0.491. The number of aromatic nitrogens is 2. The molecule has 4 aromatic rings. The fourth-order valence-electron chi connectivity index (χ4n) is 3.86. The van der Waals surface area contributed by atoms with E-state index in [1.165, 1.54) is 7.11 Å². The third-order valence-electron chi connectivity index (χ3n) is 5.61. The minimum absolute atomic E-state index is 0.00233. The highest BCUT2D eigenvalue weighted by Crippen LogP contribution is 2.29. The number of rotatable bonds is 11. The number of methoxy groups -OCH3 is 1. The standard InChI is InChI=1S/C27H28N2O5S/c1-33-26(30)15-9-4-10-18-34-23-16-17-24-25(19-23)29(22-13-7-3-8-14-22)27(28-24)35(31,32)20-21-11-5-2-6-12-21/h2-3,5-8,11-14,16-17,19H,4,9-10,15,18,20H2,1H3. The highest BCUT2D eigenvalue weighted by Gasteiger charge is 2.25. The number of hydrogen-bond donors (Lipinski definition) is 0. The molecule has 4 rings (SSSR count). The van der Waals surface area contributed by atoms with Gasteiger partial charge in [0.25, 0.3) is 0 Å². The van der Waals surface area contributed by atoms with Crippen LogP contribution in [0.15, 0.2) is 84.0 Å². The molecule has 7 nitrogen and oxygen atoms in total. The zero-order valence-corrected chi connectivity index (χ0v) is 20.4. The number of fused-ring (bicyclic) bond motifs is 1. The van der Waals surface area contributed by atoms with Crippen LogP contribution in [-0.2, 0) is 25.1 Å². The van der Waals surface area contributed by atoms with Crippen molar-refractivity contribution in [3.05, 3.63) is 84.4 Å². The van der Waals surface area contributed by atoms with Gasteiger partial charge in [-0.05, 0) is 49.1 Å². The van der Waals surface area contributed by atoms with Crippen molar-refractivity contribution in [2.45, 2.75) is 36.6 Å². The van der Waals surface area contributed by atoms with Crippen LogP contribution in [0.5, 0.6) is 5.75 Å². The number of unbranched alkanes of at least 4 members (excludes halogenated alkanes) is 2. The Kier molecular flexibility index (Phi) is 7.82. The Morgan fingerprint density at radius 2 is 1.63 bits per heavy atom. The second-order valence-corrected chi connectivity index (χ2v) is 10.1. The van der Waals surface area contributed by atoms with Crippen molar-refractivity contribution in [1.29, 1.82) is 0 Å². The van der Waals surface area contributed by atoms with Crippen LogP contribution in [-0.4, -0.2) is 37.7 Å². The Labute approximate surface area is 205 Å². The van der Waals surface area contributed by atoms with E-state index >= 15 is 0 Å². The van der Waals surface area contributed by atoms with Gasteiger partial charge in [-0.25, -0.2) is 13.4 Å². The van der Waals surface area contributed by atoms with Crippen LogP contribution in [0.4, 0.5) is 0 Å². The third-order valence-corrected chi connectivity index (χ3v) is 7.15. The Morgan fingerprint density at radius 3 is 2.34 bits per heavy atom. The number of ether oxygens (including phenoxy) is 2. The lowest BCUT2D eigenvalue weighted by Gasteiger charge is -2.11. The van der Waals surface area contributed by atoms with Gasteiger partial charge in [-0.15, -0.1) is 0 Å². The molecule has 182 valence electrons. The van der Waals surface area contributed by atoms with Crippen LogP contribution < -0.4 is 4.74 Å². The number of benzene rings is 3. The predicted molar refractivity (Wildman–Crippen MR) is 134 cm³/mol. The quantitative estimate of drug-likeness (QED) is 0.214.